The number of rotatable bonds is 8. The van der Waals surface area contributed by atoms with Crippen molar-refractivity contribution >= 4 is 49.7 Å². The molecule has 2 aromatic heterocycles. The first kappa shape index (κ1) is 23.5. The molecular formula is C29H31N3O2S. The number of anilines is 1. The first-order valence-corrected chi connectivity index (χ1v) is 13.2. The summed E-state index contributed by atoms with van der Waals surface area (Å²) >= 11 is 1.59. The highest BCUT2D eigenvalue weighted by Gasteiger charge is 2.40. The second kappa shape index (κ2) is 9.42. The maximum Gasteiger partial charge on any atom is 0.263 e. The minimum atomic E-state index is -0.164. The molecule has 0 fully saturated rings. The number of hydrogen-bond donors (Lipinski definition) is 0. The molecule has 1 aliphatic heterocycles. The van der Waals surface area contributed by atoms with Gasteiger partial charge in [0.1, 0.15) is 0 Å². The number of benzene rings is 2. The molecule has 0 spiro atoms. The van der Waals surface area contributed by atoms with Crippen LogP contribution in [0.2, 0.25) is 0 Å². The van der Waals surface area contributed by atoms with Gasteiger partial charge in [0, 0.05) is 59.1 Å². The molecule has 0 bridgehead atoms. The Kier molecular flexibility index (Phi) is 6.32. The zero-order valence-corrected chi connectivity index (χ0v) is 21.6. The smallest absolute Gasteiger partial charge is 0.263 e. The monoisotopic (exact) mass is 485 g/mol. The maximum atomic E-state index is 13.7. The number of thiophene rings is 1. The van der Waals surface area contributed by atoms with Gasteiger partial charge in [0.25, 0.3) is 11.8 Å². The standard InChI is InChI=1S/C29H31N3O2S/c1-5-7-8-18(6-2)17-32-28(33)25-21-13-14-30-16-23(21)22-15-24(35-27(22)26(25)29(32)34)19-9-11-20(12-10-19)31(3)4/h9-16,18H,5-8,17H2,1-4H3. The largest absolute Gasteiger partial charge is 0.378 e. The molecule has 0 aliphatic carbocycles. The van der Waals surface area contributed by atoms with E-state index in [1.54, 1.807) is 17.5 Å². The van der Waals surface area contributed by atoms with Gasteiger partial charge in [-0.2, -0.15) is 0 Å². The molecule has 180 valence electrons. The molecule has 3 heterocycles. The average molecular weight is 486 g/mol. The van der Waals surface area contributed by atoms with Crippen LogP contribution in [-0.4, -0.2) is 42.3 Å². The Hall–Kier alpha value is -3.25. The van der Waals surface area contributed by atoms with E-state index in [1.165, 1.54) is 4.90 Å². The van der Waals surface area contributed by atoms with Crippen LogP contribution < -0.4 is 4.90 Å². The SMILES string of the molecule is CCCCC(CC)CN1C(=O)c2c(c3sc(-c4ccc(N(C)C)cc4)cc3c3cnccc23)C1=O. The van der Waals surface area contributed by atoms with Crippen molar-refractivity contribution < 1.29 is 9.59 Å². The minimum Gasteiger partial charge on any atom is -0.378 e. The van der Waals surface area contributed by atoms with Crippen molar-refractivity contribution in [1.82, 2.24) is 9.88 Å². The van der Waals surface area contributed by atoms with Crippen LogP contribution in [0.25, 0.3) is 31.3 Å². The normalized spacial score (nSPS) is 14.2. The topological polar surface area (TPSA) is 53.5 Å². The Balaban J connectivity index is 1.64. The highest BCUT2D eigenvalue weighted by atomic mass is 32.1. The van der Waals surface area contributed by atoms with Gasteiger partial charge in [-0.25, -0.2) is 0 Å². The Morgan fingerprint density at radius 2 is 1.71 bits per heavy atom. The summed E-state index contributed by atoms with van der Waals surface area (Å²) in [6, 6.07) is 12.4. The molecule has 0 saturated heterocycles. The maximum absolute atomic E-state index is 13.7. The lowest BCUT2D eigenvalue weighted by atomic mass is 9.98. The van der Waals surface area contributed by atoms with Crippen molar-refractivity contribution in [1.29, 1.82) is 0 Å². The Morgan fingerprint density at radius 3 is 2.40 bits per heavy atom. The third-order valence-corrected chi connectivity index (χ3v) is 8.36. The minimum absolute atomic E-state index is 0.153. The van der Waals surface area contributed by atoms with E-state index >= 15 is 0 Å². The van der Waals surface area contributed by atoms with E-state index in [1.807, 2.05) is 26.4 Å². The van der Waals surface area contributed by atoms with Crippen molar-refractivity contribution in [3.8, 4) is 10.4 Å². The second-order valence-corrected chi connectivity index (χ2v) is 10.7. The van der Waals surface area contributed by atoms with Crippen LogP contribution in [0.5, 0.6) is 0 Å². The first-order valence-electron chi connectivity index (χ1n) is 12.4. The molecule has 1 aliphatic rings. The van der Waals surface area contributed by atoms with Gasteiger partial charge < -0.3 is 4.90 Å². The molecular weight excluding hydrogens is 454 g/mol. The van der Waals surface area contributed by atoms with E-state index in [0.29, 0.717) is 23.6 Å². The summed E-state index contributed by atoms with van der Waals surface area (Å²) in [4.78, 5) is 36.4. The van der Waals surface area contributed by atoms with E-state index in [2.05, 4.69) is 54.1 Å². The van der Waals surface area contributed by atoms with Gasteiger partial charge in [-0.15, -0.1) is 11.3 Å². The van der Waals surface area contributed by atoms with E-state index in [4.69, 9.17) is 0 Å². The second-order valence-electron chi connectivity index (χ2n) is 9.60. The highest BCUT2D eigenvalue weighted by Crippen LogP contribution is 2.44. The van der Waals surface area contributed by atoms with E-state index in [9.17, 15) is 9.59 Å². The first-order chi connectivity index (χ1) is 16.9. The molecule has 5 nitrogen and oxygen atoms in total. The van der Waals surface area contributed by atoms with Gasteiger partial charge in [0.05, 0.1) is 11.1 Å². The summed E-state index contributed by atoms with van der Waals surface area (Å²) in [5.74, 6) is 0.0121. The number of carbonyl (C=O) groups excluding carboxylic acids is 2. The van der Waals surface area contributed by atoms with Crippen LogP contribution in [-0.2, 0) is 0 Å². The van der Waals surface area contributed by atoms with E-state index in [0.717, 1.165) is 62.7 Å². The van der Waals surface area contributed by atoms with Gasteiger partial charge >= 0.3 is 0 Å². The number of fused-ring (bicyclic) bond motifs is 6. The van der Waals surface area contributed by atoms with Crippen molar-refractivity contribution in [2.24, 2.45) is 5.92 Å². The summed E-state index contributed by atoms with van der Waals surface area (Å²) in [5, 5.41) is 2.73. The van der Waals surface area contributed by atoms with Crippen LogP contribution >= 0.6 is 11.3 Å². The molecule has 2 amide bonds. The number of amides is 2. The Bertz CT molecular complexity index is 1420. The molecule has 2 aromatic carbocycles. The van der Waals surface area contributed by atoms with Crippen LogP contribution in [0.15, 0.2) is 48.8 Å². The van der Waals surface area contributed by atoms with Gasteiger partial charge in [0.2, 0.25) is 0 Å². The fraction of sp³-hybridized carbons (Fsp3) is 0.345. The molecule has 35 heavy (non-hydrogen) atoms. The quantitative estimate of drug-likeness (QED) is 0.252. The predicted octanol–water partition coefficient (Wildman–Crippen LogP) is 6.99. The Labute approximate surface area is 210 Å². The fourth-order valence-corrected chi connectivity index (χ4v) is 6.27. The van der Waals surface area contributed by atoms with Gasteiger partial charge in [-0.1, -0.05) is 45.2 Å². The number of aromatic nitrogens is 1. The predicted molar refractivity (Wildman–Crippen MR) is 146 cm³/mol. The summed E-state index contributed by atoms with van der Waals surface area (Å²) in [5.41, 5.74) is 3.34. The summed E-state index contributed by atoms with van der Waals surface area (Å²) < 4.78 is 0.884. The lowest BCUT2D eigenvalue weighted by molar-refractivity contribution is 0.0625. The number of nitrogens with zero attached hydrogens (tertiary/aromatic N) is 3. The number of carbonyl (C=O) groups is 2. The zero-order valence-electron chi connectivity index (χ0n) is 20.8. The third kappa shape index (κ3) is 4.00. The Morgan fingerprint density at radius 1 is 0.971 bits per heavy atom. The number of unbranched alkanes of at least 4 members (excludes halogenated alkanes) is 1. The van der Waals surface area contributed by atoms with Crippen molar-refractivity contribution in [2.75, 3.05) is 25.5 Å². The van der Waals surface area contributed by atoms with Crippen molar-refractivity contribution in [3.63, 3.8) is 0 Å². The van der Waals surface area contributed by atoms with Gasteiger partial charge in [-0.3, -0.25) is 19.5 Å². The number of imide groups is 1. The molecule has 1 unspecified atom stereocenters. The summed E-state index contributed by atoms with van der Waals surface area (Å²) in [6.07, 6.45) is 7.75. The van der Waals surface area contributed by atoms with Crippen molar-refractivity contribution in [3.05, 3.63) is 59.9 Å². The molecule has 1 atom stereocenters. The molecule has 6 heteroatoms. The lowest BCUT2D eigenvalue weighted by Crippen LogP contribution is -2.34. The van der Waals surface area contributed by atoms with Crippen LogP contribution in [0, 0.1) is 5.92 Å². The fourth-order valence-electron chi connectivity index (χ4n) is 5.05. The van der Waals surface area contributed by atoms with Crippen LogP contribution in [0.4, 0.5) is 5.69 Å². The van der Waals surface area contributed by atoms with E-state index in [-0.39, 0.29) is 11.8 Å². The molecule has 4 aromatic rings. The van der Waals surface area contributed by atoms with Crippen LogP contribution in [0.1, 0.15) is 60.2 Å². The van der Waals surface area contributed by atoms with Crippen LogP contribution in [0.3, 0.4) is 0 Å². The zero-order chi connectivity index (χ0) is 24.7. The summed E-state index contributed by atoms with van der Waals surface area (Å²) in [7, 11) is 4.05. The van der Waals surface area contributed by atoms with Crippen molar-refractivity contribution in [2.45, 2.75) is 39.5 Å². The number of hydrogen-bond acceptors (Lipinski definition) is 5. The van der Waals surface area contributed by atoms with Gasteiger partial charge in [0.15, 0.2) is 0 Å². The molecule has 5 rings (SSSR count). The molecule has 0 N–H and O–H groups in total. The highest BCUT2D eigenvalue weighted by molar-refractivity contribution is 7.22. The molecule has 0 radical (unpaired) electrons. The number of pyridine rings is 1. The third-order valence-electron chi connectivity index (χ3n) is 7.16. The average Bonchev–Trinajstić information content (AvgIpc) is 3.42. The van der Waals surface area contributed by atoms with Gasteiger partial charge in [-0.05, 0) is 47.6 Å². The van der Waals surface area contributed by atoms with E-state index < -0.39 is 0 Å². The summed E-state index contributed by atoms with van der Waals surface area (Å²) in [6.45, 7) is 4.81. The molecule has 0 saturated carbocycles. The lowest BCUT2D eigenvalue weighted by Gasteiger charge is -2.21.